The molecular formula is C27H25N5O. The predicted molar refractivity (Wildman–Crippen MR) is 131 cm³/mol. The van der Waals surface area contributed by atoms with E-state index in [-0.39, 0.29) is 6.17 Å². The highest BCUT2D eigenvalue weighted by Crippen LogP contribution is 2.28. The molecule has 1 N–H and O–H groups in total. The average molecular weight is 436 g/mol. The van der Waals surface area contributed by atoms with E-state index in [1.807, 2.05) is 49.4 Å². The van der Waals surface area contributed by atoms with E-state index in [2.05, 4.69) is 64.1 Å². The second-order valence-corrected chi connectivity index (χ2v) is 7.95. The van der Waals surface area contributed by atoms with Crippen LogP contribution in [0.1, 0.15) is 30.7 Å². The number of pyridine rings is 1. The Morgan fingerprint density at radius 1 is 0.909 bits per heavy atom. The second kappa shape index (κ2) is 9.20. The van der Waals surface area contributed by atoms with Gasteiger partial charge in [0.15, 0.2) is 12.0 Å². The number of nitrogens with one attached hydrogen (secondary N) is 1. The quantitative estimate of drug-likeness (QED) is 0.397. The molecule has 33 heavy (non-hydrogen) atoms. The Balaban J connectivity index is 1.37. The fourth-order valence-electron chi connectivity index (χ4n) is 3.91. The number of aromatic nitrogens is 1. The minimum Gasteiger partial charge on any atom is -0.488 e. The maximum Gasteiger partial charge on any atom is 0.162 e. The molecule has 1 atom stereocenters. The average Bonchev–Trinajstić information content (AvgIpc) is 2.87. The maximum absolute atomic E-state index is 6.23. The number of aliphatic imine (C=N–C) groups is 1. The largest absolute Gasteiger partial charge is 0.488 e. The van der Waals surface area contributed by atoms with Gasteiger partial charge in [0.25, 0.3) is 0 Å². The number of rotatable bonds is 6. The van der Waals surface area contributed by atoms with Crippen LogP contribution in [-0.4, -0.2) is 17.0 Å². The van der Waals surface area contributed by atoms with Crippen molar-refractivity contribution < 1.29 is 4.74 Å². The molecule has 2 heterocycles. The van der Waals surface area contributed by atoms with Crippen LogP contribution in [0.15, 0.2) is 94.2 Å². The summed E-state index contributed by atoms with van der Waals surface area (Å²) in [5, 5.41) is 9.01. The number of fused-ring (bicyclic) bond motifs is 1. The maximum atomic E-state index is 6.23. The molecule has 0 bridgehead atoms. The van der Waals surface area contributed by atoms with Gasteiger partial charge >= 0.3 is 0 Å². The van der Waals surface area contributed by atoms with Crippen molar-refractivity contribution in [1.82, 2.24) is 10.4 Å². The molecule has 0 saturated heterocycles. The predicted octanol–water partition coefficient (Wildman–Crippen LogP) is 6.11. The lowest BCUT2D eigenvalue weighted by atomic mass is 9.98. The molecule has 0 fully saturated rings. The lowest BCUT2D eigenvalue weighted by Gasteiger charge is -2.16. The molecule has 1 aromatic heterocycles. The Kier molecular flexibility index (Phi) is 5.81. The Labute approximate surface area is 193 Å². The summed E-state index contributed by atoms with van der Waals surface area (Å²) in [5.41, 5.74) is 9.23. The van der Waals surface area contributed by atoms with E-state index < -0.39 is 0 Å². The molecule has 4 aromatic rings. The van der Waals surface area contributed by atoms with Crippen molar-refractivity contribution in [3.8, 4) is 16.9 Å². The first kappa shape index (κ1) is 20.8. The third kappa shape index (κ3) is 4.46. The Hall–Kier alpha value is -4.06. The number of para-hydroxylation sites is 1. The second-order valence-electron chi connectivity index (χ2n) is 7.95. The lowest BCUT2D eigenvalue weighted by Crippen LogP contribution is -2.24. The molecule has 6 heteroatoms. The minimum absolute atomic E-state index is 0.189. The highest BCUT2D eigenvalue weighted by Gasteiger charge is 2.14. The van der Waals surface area contributed by atoms with Gasteiger partial charge in [-0.2, -0.15) is 0 Å². The van der Waals surface area contributed by atoms with Crippen LogP contribution in [0.3, 0.4) is 0 Å². The van der Waals surface area contributed by atoms with E-state index in [0.29, 0.717) is 6.61 Å². The van der Waals surface area contributed by atoms with Gasteiger partial charge in [-0.25, -0.2) is 10.4 Å². The van der Waals surface area contributed by atoms with Crippen LogP contribution < -0.4 is 10.2 Å². The summed E-state index contributed by atoms with van der Waals surface area (Å²) >= 11 is 0. The fraction of sp³-hybridized carbons (Fsp3) is 0.185. The summed E-state index contributed by atoms with van der Waals surface area (Å²) in [6.07, 6.45) is 0.682. The summed E-state index contributed by atoms with van der Waals surface area (Å²) in [5.74, 6) is 1.60. The van der Waals surface area contributed by atoms with Gasteiger partial charge in [0, 0.05) is 22.7 Å². The van der Waals surface area contributed by atoms with Crippen LogP contribution >= 0.6 is 0 Å². The van der Waals surface area contributed by atoms with E-state index in [1.54, 1.807) is 0 Å². The number of hydrogen-bond acceptors (Lipinski definition) is 6. The van der Waals surface area contributed by atoms with Crippen LogP contribution in [0.4, 0.5) is 0 Å². The topological polar surface area (TPSA) is 71.2 Å². The highest BCUT2D eigenvalue weighted by molar-refractivity contribution is 6.04. The van der Waals surface area contributed by atoms with Gasteiger partial charge in [-0.3, -0.25) is 4.98 Å². The number of amidine groups is 1. The van der Waals surface area contributed by atoms with Crippen LogP contribution in [0.5, 0.6) is 5.75 Å². The minimum atomic E-state index is -0.189. The van der Waals surface area contributed by atoms with Crippen LogP contribution in [0, 0.1) is 0 Å². The number of ether oxygens (including phenoxy) is 1. The molecule has 0 spiro atoms. The van der Waals surface area contributed by atoms with E-state index in [4.69, 9.17) is 9.72 Å². The summed E-state index contributed by atoms with van der Waals surface area (Å²) in [6.45, 7) is 4.51. The molecular weight excluding hydrogens is 410 g/mol. The Morgan fingerprint density at radius 3 is 2.45 bits per heavy atom. The molecule has 3 aromatic carbocycles. The van der Waals surface area contributed by atoms with Gasteiger partial charge in [0.05, 0.1) is 5.52 Å². The van der Waals surface area contributed by atoms with E-state index in [0.717, 1.165) is 56.9 Å². The fourth-order valence-corrected chi connectivity index (χ4v) is 3.91. The molecule has 1 aliphatic heterocycles. The summed E-state index contributed by atoms with van der Waals surface area (Å²) < 4.78 is 6.23. The number of hydrogen-bond donors (Lipinski definition) is 1. The summed E-state index contributed by atoms with van der Waals surface area (Å²) in [4.78, 5) is 9.28. The standard InChI is InChI=1S/C27H25N5O/c1-3-21-16-26(24-10-6-7-11-25(24)29-21)33-17-19-12-14-20(15-13-19)22-8-4-5-9-23(22)27-28-18(2)30-32-31-27/h4-16,18H,3,17H2,1-2H3,(H,28,30,31). The zero-order valence-electron chi connectivity index (χ0n) is 18.7. The van der Waals surface area contributed by atoms with Crippen LogP contribution in [-0.2, 0) is 13.0 Å². The van der Waals surface area contributed by atoms with Crippen LogP contribution in [0.25, 0.3) is 22.0 Å². The van der Waals surface area contributed by atoms with Gasteiger partial charge in [-0.05, 0) is 42.2 Å². The highest BCUT2D eigenvalue weighted by atomic mass is 16.5. The zero-order chi connectivity index (χ0) is 22.6. The smallest absolute Gasteiger partial charge is 0.162 e. The monoisotopic (exact) mass is 435 g/mol. The molecule has 1 unspecified atom stereocenters. The number of benzene rings is 3. The van der Waals surface area contributed by atoms with Crippen molar-refractivity contribution >= 4 is 16.7 Å². The van der Waals surface area contributed by atoms with Gasteiger partial charge in [0.2, 0.25) is 0 Å². The van der Waals surface area contributed by atoms with E-state index >= 15 is 0 Å². The van der Waals surface area contributed by atoms with E-state index in [1.165, 1.54) is 0 Å². The summed E-state index contributed by atoms with van der Waals surface area (Å²) in [6, 6.07) is 26.8. The van der Waals surface area contributed by atoms with Crippen molar-refractivity contribution in [3.63, 3.8) is 0 Å². The van der Waals surface area contributed by atoms with Crippen molar-refractivity contribution in [3.05, 3.63) is 95.7 Å². The molecule has 5 rings (SSSR count). The van der Waals surface area contributed by atoms with Crippen molar-refractivity contribution in [1.29, 1.82) is 0 Å². The number of aryl methyl sites for hydroxylation is 1. The molecule has 6 nitrogen and oxygen atoms in total. The summed E-state index contributed by atoms with van der Waals surface area (Å²) in [7, 11) is 0. The Morgan fingerprint density at radius 2 is 1.67 bits per heavy atom. The van der Waals surface area contributed by atoms with Crippen LogP contribution in [0.2, 0.25) is 0 Å². The normalized spacial score (nSPS) is 15.2. The van der Waals surface area contributed by atoms with Gasteiger partial charge in [-0.1, -0.05) is 72.8 Å². The number of nitrogens with zero attached hydrogens (tertiary/aromatic N) is 4. The van der Waals surface area contributed by atoms with Gasteiger partial charge in [-0.15, -0.1) is 5.11 Å². The third-order valence-electron chi connectivity index (χ3n) is 5.63. The molecule has 0 amide bonds. The van der Waals surface area contributed by atoms with E-state index in [9.17, 15) is 0 Å². The first-order chi connectivity index (χ1) is 16.2. The first-order valence-electron chi connectivity index (χ1n) is 11.1. The van der Waals surface area contributed by atoms with Crippen molar-refractivity contribution in [2.24, 2.45) is 15.3 Å². The molecule has 0 saturated carbocycles. The molecule has 0 aliphatic carbocycles. The third-order valence-corrected chi connectivity index (χ3v) is 5.63. The molecule has 0 radical (unpaired) electrons. The first-order valence-corrected chi connectivity index (χ1v) is 11.1. The SMILES string of the molecule is CCc1cc(OCc2ccc(-c3ccccc3C3=NC(C)N=NN3)cc2)c2ccccc2n1. The molecule has 1 aliphatic rings. The van der Waals surface area contributed by atoms with Gasteiger partial charge < -0.3 is 4.74 Å². The van der Waals surface area contributed by atoms with Crippen molar-refractivity contribution in [2.75, 3.05) is 0 Å². The Bertz CT molecular complexity index is 1340. The zero-order valence-corrected chi connectivity index (χ0v) is 18.7. The molecule has 164 valence electrons. The van der Waals surface area contributed by atoms with Gasteiger partial charge in [0.1, 0.15) is 12.4 Å². The lowest BCUT2D eigenvalue weighted by molar-refractivity contribution is 0.309. The van der Waals surface area contributed by atoms with Crippen molar-refractivity contribution in [2.45, 2.75) is 33.0 Å².